The first kappa shape index (κ1) is 20.8. The number of rotatable bonds is 3. The lowest BCUT2D eigenvalue weighted by molar-refractivity contribution is 0.0735. The average Bonchev–Trinajstić information content (AvgIpc) is 2.75. The highest BCUT2D eigenvalue weighted by Crippen LogP contribution is 2.36. The van der Waals surface area contributed by atoms with Gasteiger partial charge in [-0.2, -0.15) is 0 Å². The monoisotopic (exact) mass is 437 g/mol. The predicted molar refractivity (Wildman–Crippen MR) is 121 cm³/mol. The molecule has 2 heterocycles. The zero-order valence-electron chi connectivity index (χ0n) is 17.9. The molecular weight excluding hydrogens is 412 g/mol. The molecule has 0 amide bonds. The summed E-state index contributed by atoms with van der Waals surface area (Å²) < 4.78 is 29.1. The van der Waals surface area contributed by atoms with Crippen LogP contribution in [0.1, 0.15) is 48.4 Å². The molecule has 5 rings (SSSR count). The molecule has 7 heteroatoms. The first-order valence-corrected chi connectivity index (χ1v) is 11.0. The SMILES string of the molecule is CN1CC=Cc2c(Cc3cc(F)cc(F)c3)cc3c(=O)n(C4CCCCC4O)cnc3c21. The van der Waals surface area contributed by atoms with E-state index in [4.69, 9.17) is 0 Å². The van der Waals surface area contributed by atoms with Gasteiger partial charge in [0.25, 0.3) is 5.56 Å². The van der Waals surface area contributed by atoms with Crippen LogP contribution in [0, 0.1) is 11.6 Å². The Morgan fingerprint density at radius 1 is 1.12 bits per heavy atom. The minimum atomic E-state index is -0.627. The number of nitrogens with zero attached hydrogens (tertiary/aromatic N) is 3. The lowest BCUT2D eigenvalue weighted by Crippen LogP contribution is -2.35. The van der Waals surface area contributed by atoms with Crippen molar-refractivity contribution in [2.75, 3.05) is 18.5 Å². The van der Waals surface area contributed by atoms with Gasteiger partial charge in [-0.15, -0.1) is 0 Å². The van der Waals surface area contributed by atoms with Crippen molar-refractivity contribution in [2.24, 2.45) is 0 Å². The smallest absolute Gasteiger partial charge is 0.261 e. The molecule has 2 atom stereocenters. The molecule has 1 fully saturated rings. The summed E-state index contributed by atoms with van der Waals surface area (Å²) in [5, 5.41) is 10.9. The number of benzene rings is 2. The minimum Gasteiger partial charge on any atom is -0.391 e. The molecule has 0 radical (unpaired) electrons. The van der Waals surface area contributed by atoms with Crippen LogP contribution in [0.25, 0.3) is 17.0 Å². The van der Waals surface area contributed by atoms with E-state index >= 15 is 0 Å². The van der Waals surface area contributed by atoms with E-state index < -0.39 is 17.7 Å². The van der Waals surface area contributed by atoms with Gasteiger partial charge in [0, 0.05) is 25.2 Å². The van der Waals surface area contributed by atoms with Crippen LogP contribution in [0.5, 0.6) is 0 Å². The van der Waals surface area contributed by atoms with Crippen molar-refractivity contribution >= 4 is 22.7 Å². The van der Waals surface area contributed by atoms with Crippen molar-refractivity contribution in [2.45, 2.75) is 44.2 Å². The van der Waals surface area contributed by atoms with Gasteiger partial charge in [-0.3, -0.25) is 9.36 Å². The van der Waals surface area contributed by atoms with Crippen molar-refractivity contribution in [3.63, 3.8) is 0 Å². The molecule has 1 aliphatic heterocycles. The number of anilines is 1. The standard InChI is InChI=1S/C25H25F2N3O2/c1-29-8-4-5-19-16(9-15-10-17(26)13-18(27)11-15)12-20-23(24(19)29)28-14-30(25(20)32)21-6-2-3-7-22(21)31/h4-5,10-14,21-22,31H,2-3,6-9H2,1H3. The van der Waals surface area contributed by atoms with E-state index in [1.807, 2.05) is 24.1 Å². The number of aromatic nitrogens is 2. The van der Waals surface area contributed by atoms with Crippen LogP contribution in [0.2, 0.25) is 0 Å². The summed E-state index contributed by atoms with van der Waals surface area (Å²) >= 11 is 0. The molecule has 5 nitrogen and oxygen atoms in total. The summed E-state index contributed by atoms with van der Waals surface area (Å²) in [6, 6.07) is 4.99. The van der Waals surface area contributed by atoms with E-state index in [-0.39, 0.29) is 18.0 Å². The van der Waals surface area contributed by atoms with Crippen molar-refractivity contribution in [1.82, 2.24) is 9.55 Å². The van der Waals surface area contributed by atoms with E-state index in [0.29, 0.717) is 29.4 Å². The van der Waals surface area contributed by atoms with Gasteiger partial charge in [-0.1, -0.05) is 25.0 Å². The molecule has 0 saturated heterocycles. The van der Waals surface area contributed by atoms with E-state index in [2.05, 4.69) is 4.98 Å². The Morgan fingerprint density at radius 2 is 1.88 bits per heavy atom. The number of hydrogen-bond donors (Lipinski definition) is 1. The fraction of sp³-hybridized carbons (Fsp3) is 0.360. The van der Waals surface area contributed by atoms with Gasteiger partial charge in [0.1, 0.15) is 17.2 Å². The summed E-state index contributed by atoms with van der Waals surface area (Å²) in [6.07, 6.45) is 8.58. The molecule has 1 aromatic heterocycles. The van der Waals surface area contributed by atoms with Crippen molar-refractivity contribution < 1.29 is 13.9 Å². The van der Waals surface area contributed by atoms with Crippen LogP contribution in [-0.4, -0.2) is 34.4 Å². The highest BCUT2D eigenvalue weighted by Gasteiger charge is 2.27. The van der Waals surface area contributed by atoms with Gasteiger partial charge in [-0.25, -0.2) is 13.8 Å². The molecule has 0 spiro atoms. The van der Waals surface area contributed by atoms with E-state index in [1.165, 1.54) is 12.1 Å². The Balaban J connectivity index is 1.70. The number of aliphatic hydroxyl groups is 1. The quantitative estimate of drug-likeness (QED) is 0.667. The first-order valence-electron chi connectivity index (χ1n) is 11.0. The fourth-order valence-electron chi connectivity index (χ4n) is 5.06. The zero-order valence-corrected chi connectivity index (χ0v) is 17.9. The molecule has 0 bridgehead atoms. The Kier molecular flexibility index (Phi) is 5.29. The molecule has 32 heavy (non-hydrogen) atoms. The Bertz CT molecular complexity index is 1260. The maximum Gasteiger partial charge on any atom is 0.261 e. The van der Waals surface area contributed by atoms with Crippen LogP contribution in [0.15, 0.2) is 41.5 Å². The van der Waals surface area contributed by atoms with Crippen molar-refractivity contribution in [3.05, 3.63) is 75.3 Å². The minimum absolute atomic E-state index is 0.196. The molecule has 1 saturated carbocycles. The number of hydrogen-bond acceptors (Lipinski definition) is 4. The molecule has 1 N–H and O–H groups in total. The van der Waals surface area contributed by atoms with Gasteiger partial charge in [0.15, 0.2) is 0 Å². The summed E-state index contributed by atoms with van der Waals surface area (Å²) in [6.45, 7) is 0.673. The molecule has 2 aliphatic rings. The van der Waals surface area contributed by atoms with E-state index in [9.17, 15) is 18.7 Å². The van der Waals surface area contributed by atoms with Crippen LogP contribution >= 0.6 is 0 Å². The molecule has 166 valence electrons. The summed E-state index contributed by atoms with van der Waals surface area (Å²) in [5.74, 6) is -1.25. The maximum absolute atomic E-state index is 13.8. The molecular formula is C25H25F2N3O2. The lowest BCUT2D eigenvalue weighted by Gasteiger charge is -2.30. The van der Waals surface area contributed by atoms with Crippen LogP contribution in [0.3, 0.4) is 0 Å². The Hall–Kier alpha value is -3.06. The Morgan fingerprint density at radius 3 is 2.62 bits per heavy atom. The van der Waals surface area contributed by atoms with Gasteiger partial charge in [0.05, 0.1) is 29.5 Å². The topological polar surface area (TPSA) is 58.4 Å². The van der Waals surface area contributed by atoms with Gasteiger partial charge >= 0.3 is 0 Å². The molecule has 1 aliphatic carbocycles. The number of halogens is 2. The van der Waals surface area contributed by atoms with Crippen LogP contribution in [-0.2, 0) is 6.42 Å². The third-order valence-corrected chi connectivity index (χ3v) is 6.59. The zero-order chi connectivity index (χ0) is 22.4. The maximum atomic E-state index is 13.8. The van der Waals surface area contributed by atoms with E-state index in [1.54, 1.807) is 17.0 Å². The fourth-order valence-corrected chi connectivity index (χ4v) is 5.06. The van der Waals surface area contributed by atoms with Crippen molar-refractivity contribution in [3.8, 4) is 0 Å². The highest BCUT2D eigenvalue weighted by molar-refractivity contribution is 5.97. The lowest BCUT2D eigenvalue weighted by atomic mass is 9.91. The van der Waals surface area contributed by atoms with Crippen LogP contribution < -0.4 is 10.5 Å². The van der Waals surface area contributed by atoms with Crippen LogP contribution in [0.4, 0.5) is 14.5 Å². The van der Waals surface area contributed by atoms with E-state index in [0.717, 1.165) is 42.1 Å². The number of likely N-dealkylation sites (N-methyl/N-ethyl adjacent to an activating group) is 1. The third-order valence-electron chi connectivity index (χ3n) is 6.59. The first-order chi connectivity index (χ1) is 15.4. The summed E-state index contributed by atoms with van der Waals surface area (Å²) in [4.78, 5) is 20.2. The molecule has 2 aromatic carbocycles. The largest absolute Gasteiger partial charge is 0.391 e. The number of aliphatic hydroxyl groups excluding tert-OH is 1. The predicted octanol–water partition coefficient (Wildman–Crippen LogP) is 4.20. The summed E-state index contributed by atoms with van der Waals surface area (Å²) in [7, 11) is 1.94. The highest BCUT2D eigenvalue weighted by atomic mass is 19.1. The van der Waals surface area contributed by atoms with Gasteiger partial charge in [0.2, 0.25) is 0 Å². The summed E-state index contributed by atoms with van der Waals surface area (Å²) in [5.41, 5.74) is 3.45. The second kappa shape index (κ2) is 8.13. The Labute approximate surface area is 184 Å². The molecule has 3 aromatic rings. The average molecular weight is 437 g/mol. The molecule has 2 unspecified atom stereocenters. The number of fused-ring (bicyclic) bond motifs is 3. The third kappa shape index (κ3) is 3.60. The second-order valence-electron chi connectivity index (χ2n) is 8.81. The van der Waals surface area contributed by atoms with Gasteiger partial charge in [-0.05, 0) is 48.6 Å². The van der Waals surface area contributed by atoms with Gasteiger partial charge < -0.3 is 10.0 Å². The van der Waals surface area contributed by atoms with Crippen molar-refractivity contribution in [1.29, 1.82) is 0 Å². The normalized spacial score (nSPS) is 20.6. The second-order valence-corrected chi connectivity index (χ2v) is 8.81.